The van der Waals surface area contributed by atoms with Gasteiger partial charge >= 0.3 is 35.8 Å². The first-order valence-corrected chi connectivity index (χ1v) is 14.1. The fourth-order valence-electron chi connectivity index (χ4n) is 3.26. The standard InChI is InChI=1S/C12H21NO4.C11H17NO4.C10H14O4/c1-8(7-9(2)13(3)4)10(11(14)16-5)12(15)17-6;1-8(6-7-12(2)3)9(10(13)15-4)11(14)16-5;1-5-6-7(2)8(9(11)13-3)10(12)14-4/h9H,7H2,1-6H3;6-7H,1-5H3;5-6H,1-4H3/b;7-6+;6-5+. The van der Waals surface area contributed by atoms with E-state index in [1.807, 2.05) is 40.0 Å². The molecule has 0 aliphatic rings. The van der Waals surface area contributed by atoms with Crippen molar-refractivity contribution in [3.63, 3.8) is 0 Å². The van der Waals surface area contributed by atoms with Crippen molar-refractivity contribution in [2.75, 3.05) is 70.8 Å². The molecule has 0 spiro atoms. The molecule has 0 saturated carbocycles. The largest absolute Gasteiger partial charge is 0.465 e. The summed E-state index contributed by atoms with van der Waals surface area (Å²) in [7, 11) is 14.9. The second-order valence-electron chi connectivity index (χ2n) is 10.0. The molecule has 0 fully saturated rings. The molecule has 0 rings (SSSR count). The van der Waals surface area contributed by atoms with E-state index in [2.05, 4.69) is 28.4 Å². The number of hydrogen-bond donors (Lipinski definition) is 0. The highest BCUT2D eigenvalue weighted by Crippen LogP contribution is 2.16. The molecule has 0 aromatic rings. The van der Waals surface area contributed by atoms with Crippen LogP contribution in [0.2, 0.25) is 0 Å². The van der Waals surface area contributed by atoms with Gasteiger partial charge in [-0.05, 0) is 84.1 Å². The van der Waals surface area contributed by atoms with E-state index in [9.17, 15) is 28.8 Å². The first-order valence-electron chi connectivity index (χ1n) is 14.1. The highest BCUT2D eigenvalue weighted by molar-refractivity contribution is 6.16. The molecule has 14 nitrogen and oxygen atoms in total. The van der Waals surface area contributed by atoms with Crippen LogP contribution in [-0.4, -0.2) is 123 Å². The predicted octanol–water partition coefficient (Wildman–Crippen LogP) is 2.94. The van der Waals surface area contributed by atoms with E-state index < -0.39 is 35.8 Å². The Morgan fingerprint density at radius 3 is 1.11 bits per heavy atom. The molecular weight excluding hydrogens is 616 g/mol. The minimum atomic E-state index is -0.701. The van der Waals surface area contributed by atoms with Gasteiger partial charge in [0.1, 0.15) is 16.7 Å². The van der Waals surface area contributed by atoms with Gasteiger partial charge < -0.3 is 38.2 Å². The SMILES string of the molecule is C/C=C/C(C)=C(C(=O)OC)C(=O)OC.COC(=O)C(C(=O)OC)=C(C)/C=C/N(C)C.COC(=O)C(C(=O)OC)=C(C)CC(C)N(C)C. The van der Waals surface area contributed by atoms with Gasteiger partial charge in [-0.3, -0.25) is 0 Å². The van der Waals surface area contributed by atoms with E-state index in [1.165, 1.54) is 42.7 Å². The maximum atomic E-state index is 11.5. The molecule has 1 atom stereocenters. The van der Waals surface area contributed by atoms with Crippen LogP contribution < -0.4 is 0 Å². The van der Waals surface area contributed by atoms with Gasteiger partial charge in [0, 0.05) is 20.1 Å². The van der Waals surface area contributed by atoms with Crippen LogP contribution in [-0.2, 0) is 57.2 Å². The summed E-state index contributed by atoms with van der Waals surface area (Å²) in [6.07, 6.45) is 7.33. The maximum absolute atomic E-state index is 11.5. The third-order valence-corrected chi connectivity index (χ3v) is 6.08. The van der Waals surface area contributed by atoms with Crippen molar-refractivity contribution in [3.05, 3.63) is 57.9 Å². The summed E-state index contributed by atoms with van der Waals surface area (Å²) in [6.45, 7) is 8.82. The Bertz CT molecular complexity index is 1180. The number of hydrogen-bond acceptors (Lipinski definition) is 14. The molecule has 0 N–H and O–H groups in total. The molecule has 0 bridgehead atoms. The molecular formula is C33H52N2O12. The molecule has 0 aromatic heterocycles. The van der Waals surface area contributed by atoms with Gasteiger partial charge in [-0.25, -0.2) is 28.8 Å². The van der Waals surface area contributed by atoms with E-state index in [1.54, 1.807) is 57.0 Å². The van der Waals surface area contributed by atoms with Crippen LogP contribution in [0.3, 0.4) is 0 Å². The molecule has 47 heavy (non-hydrogen) atoms. The monoisotopic (exact) mass is 668 g/mol. The Morgan fingerprint density at radius 1 is 0.553 bits per heavy atom. The summed E-state index contributed by atoms with van der Waals surface area (Å²) in [5.41, 5.74) is 1.50. The van der Waals surface area contributed by atoms with Crippen molar-refractivity contribution in [2.45, 2.75) is 47.1 Å². The van der Waals surface area contributed by atoms with Crippen LogP contribution in [0, 0.1) is 0 Å². The molecule has 1 unspecified atom stereocenters. The van der Waals surface area contributed by atoms with Crippen LogP contribution >= 0.6 is 0 Å². The minimum absolute atomic E-state index is 0.0105. The lowest BCUT2D eigenvalue weighted by Gasteiger charge is -2.20. The summed E-state index contributed by atoms with van der Waals surface area (Å²) in [5.74, 6) is -4.08. The normalized spacial score (nSPS) is 10.6. The van der Waals surface area contributed by atoms with Crippen molar-refractivity contribution in [2.24, 2.45) is 0 Å². The fourth-order valence-corrected chi connectivity index (χ4v) is 3.26. The van der Waals surface area contributed by atoms with Crippen LogP contribution in [0.4, 0.5) is 0 Å². The molecule has 0 amide bonds. The average Bonchev–Trinajstić information content (AvgIpc) is 3.03. The zero-order chi connectivity index (χ0) is 37.4. The van der Waals surface area contributed by atoms with Gasteiger partial charge in [-0.15, -0.1) is 0 Å². The predicted molar refractivity (Wildman–Crippen MR) is 176 cm³/mol. The van der Waals surface area contributed by atoms with Gasteiger partial charge in [0.05, 0.1) is 42.7 Å². The Morgan fingerprint density at radius 2 is 0.851 bits per heavy atom. The molecule has 266 valence electrons. The quantitative estimate of drug-likeness (QED) is 0.0744. The fraction of sp³-hybridized carbons (Fsp3) is 0.515. The van der Waals surface area contributed by atoms with Gasteiger partial charge in [-0.2, -0.15) is 0 Å². The number of carbonyl (C=O) groups is 6. The number of ether oxygens (including phenoxy) is 6. The van der Waals surface area contributed by atoms with E-state index in [0.717, 1.165) is 0 Å². The summed E-state index contributed by atoms with van der Waals surface area (Å²) in [5, 5.41) is 0. The Kier molecular flexibility index (Phi) is 25.3. The van der Waals surface area contributed by atoms with Gasteiger partial charge in [0.2, 0.25) is 0 Å². The van der Waals surface area contributed by atoms with E-state index >= 15 is 0 Å². The molecule has 0 saturated heterocycles. The Labute approximate surface area is 278 Å². The lowest BCUT2D eigenvalue weighted by atomic mass is 10.0. The first-order chi connectivity index (χ1) is 21.9. The van der Waals surface area contributed by atoms with Crippen molar-refractivity contribution >= 4 is 35.8 Å². The maximum Gasteiger partial charge on any atom is 0.345 e. The number of allylic oxidation sites excluding steroid dienone is 5. The number of rotatable bonds is 12. The zero-order valence-corrected chi connectivity index (χ0v) is 30.4. The highest BCUT2D eigenvalue weighted by atomic mass is 16.6. The Balaban J connectivity index is -0.000000621. The second kappa shape index (κ2) is 25.5. The molecule has 0 heterocycles. The topological polar surface area (TPSA) is 164 Å². The zero-order valence-electron chi connectivity index (χ0n) is 30.4. The third kappa shape index (κ3) is 18.1. The number of carbonyl (C=O) groups excluding carboxylic acids is 6. The number of esters is 6. The van der Waals surface area contributed by atoms with Crippen molar-refractivity contribution < 1.29 is 57.2 Å². The Hall–Kier alpha value is -4.72. The smallest absolute Gasteiger partial charge is 0.345 e. The summed E-state index contributed by atoms with van der Waals surface area (Å²) in [6, 6.07) is 0.222. The van der Waals surface area contributed by atoms with Crippen molar-refractivity contribution in [3.8, 4) is 0 Å². The van der Waals surface area contributed by atoms with Crippen LogP contribution in [0.1, 0.15) is 41.0 Å². The van der Waals surface area contributed by atoms with E-state index in [4.69, 9.17) is 0 Å². The first kappa shape index (κ1) is 46.7. The van der Waals surface area contributed by atoms with Gasteiger partial charge in [0.25, 0.3) is 0 Å². The number of nitrogens with zero attached hydrogens (tertiary/aromatic N) is 2. The summed E-state index contributed by atoms with van der Waals surface area (Å²) >= 11 is 0. The number of methoxy groups -OCH3 is 6. The van der Waals surface area contributed by atoms with Crippen LogP contribution in [0.5, 0.6) is 0 Å². The van der Waals surface area contributed by atoms with E-state index in [0.29, 0.717) is 23.1 Å². The van der Waals surface area contributed by atoms with Crippen LogP contribution in [0.25, 0.3) is 0 Å². The minimum Gasteiger partial charge on any atom is -0.465 e. The highest BCUT2D eigenvalue weighted by Gasteiger charge is 2.24. The van der Waals surface area contributed by atoms with E-state index in [-0.39, 0.29) is 22.8 Å². The van der Waals surface area contributed by atoms with Crippen molar-refractivity contribution in [1.29, 1.82) is 0 Å². The second-order valence-corrected chi connectivity index (χ2v) is 10.0. The van der Waals surface area contributed by atoms with Crippen LogP contribution in [0.15, 0.2) is 57.9 Å². The molecule has 0 radical (unpaired) electrons. The lowest BCUT2D eigenvalue weighted by molar-refractivity contribution is -0.145. The molecule has 0 aromatic carbocycles. The lowest BCUT2D eigenvalue weighted by Crippen LogP contribution is -2.26. The summed E-state index contributed by atoms with van der Waals surface area (Å²) < 4.78 is 27.2. The van der Waals surface area contributed by atoms with Gasteiger partial charge in [0.15, 0.2) is 0 Å². The third-order valence-electron chi connectivity index (χ3n) is 6.08. The van der Waals surface area contributed by atoms with Gasteiger partial charge in [-0.1, -0.05) is 12.2 Å². The molecule has 14 heteroatoms. The van der Waals surface area contributed by atoms with Crippen molar-refractivity contribution in [1.82, 2.24) is 9.80 Å². The molecule has 0 aliphatic carbocycles. The average molecular weight is 669 g/mol. The summed E-state index contributed by atoms with van der Waals surface area (Å²) in [4.78, 5) is 72.0. The molecule has 0 aliphatic heterocycles.